The van der Waals surface area contributed by atoms with E-state index in [0.29, 0.717) is 6.04 Å². The molecule has 4 heteroatoms. The minimum atomic E-state index is -0.434. The molecule has 2 rings (SSSR count). The number of nitriles is 1. The highest BCUT2D eigenvalue weighted by Crippen LogP contribution is 2.16. The molecule has 0 saturated carbocycles. The van der Waals surface area contributed by atoms with Gasteiger partial charge in [-0.2, -0.15) is 5.26 Å². The average molecular weight is 261 g/mol. The Kier molecular flexibility index (Phi) is 4.89. The topological polar surface area (TPSA) is 39.1 Å². The van der Waals surface area contributed by atoms with Crippen LogP contribution in [0.15, 0.2) is 18.2 Å². The van der Waals surface area contributed by atoms with E-state index < -0.39 is 5.82 Å². The normalized spacial score (nSPS) is 18.7. The zero-order valence-corrected chi connectivity index (χ0v) is 11.3. The Balaban J connectivity index is 2.10. The molecule has 0 spiro atoms. The lowest BCUT2D eigenvalue weighted by atomic mass is 10.1. The summed E-state index contributed by atoms with van der Waals surface area (Å²) in [5.41, 5.74) is 1.15. The summed E-state index contributed by atoms with van der Waals surface area (Å²) in [6.07, 6.45) is 2.26. The Bertz CT molecular complexity index is 461. The highest BCUT2D eigenvalue weighted by Gasteiger charge is 2.21. The Hall–Kier alpha value is -1.44. The van der Waals surface area contributed by atoms with Gasteiger partial charge in [0.1, 0.15) is 11.9 Å². The van der Waals surface area contributed by atoms with Crippen molar-refractivity contribution in [1.82, 2.24) is 10.2 Å². The van der Waals surface area contributed by atoms with Crippen molar-refractivity contribution < 1.29 is 4.39 Å². The maximum Gasteiger partial charge on any atom is 0.140 e. The quantitative estimate of drug-likeness (QED) is 0.883. The van der Waals surface area contributed by atoms with E-state index in [9.17, 15) is 4.39 Å². The van der Waals surface area contributed by atoms with Crippen molar-refractivity contribution in [2.75, 3.05) is 19.6 Å². The first-order valence-corrected chi connectivity index (χ1v) is 6.88. The lowest BCUT2D eigenvalue weighted by Gasteiger charge is -2.28. The van der Waals surface area contributed by atoms with Crippen molar-refractivity contribution in [3.05, 3.63) is 35.1 Å². The van der Waals surface area contributed by atoms with Crippen LogP contribution in [0.4, 0.5) is 4.39 Å². The summed E-state index contributed by atoms with van der Waals surface area (Å²) in [7, 11) is 0. The van der Waals surface area contributed by atoms with Gasteiger partial charge in [0.05, 0.1) is 5.56 Å². The predicted octanol–water partition coefficient (Wildman–Crippen LogP) is 2.27. The average Bonchev–Trinajstić information content (AvgIpc) is 2.94. The Morgan fingerprint density at radius 3 is 3.00 bits per heavy atom. The van der Waals surface area contributed by atoms with Crippen molar-refractivity contribution in [3.8, 4) is 6.07 Å². The molecule has 0 aromatic heterocycles. The van der Waals surface area contributed by atoms with Crippen LogP contribution < -0.4 is 5.32 Å². The Morgan fingerprint density at radius 2 is 2.37 bits per heavy atom. The van der Waals surface area contributed by atoms with Gasteiger partial charge in [-0.05, 0) is 43.6 Å². The van der Waals surface area contributed by atoms with E-state index in [-0.39, 0.29) is 5.56 Å². The molecule has 1 saturated heterocycles. The van der Waals surface area contributed by atoms with Gasteiger partial charge in [0.2, 0.25) is 0 Å². The molecule has 102 valence electrons. The molecule has 1 N–H and O–H groups in total. The highest BCUT2D eigenvalue weighted by atomic mass is 19.1. The highest BCUT2D eigenvalue weighted by molar-refractivity contribution is 5.34. The summed E-state index contributed by atoms with van der Waals surface area (Å²) in [5.74, 6) is -0.434. The van der Waals surface area contributed by atoms with Crippen LogP contribution in [0.5, 0.6) is 0 Å². The van der Waals surface area contributed by atoms with E-state index in [1.54, 1.807) is 12.1 Å². The van der Waals surface area contributed by atoms with Gasteiger partial charge in [-0.15, -0.1) is 0 Å². The summed E-state index contributed by atoms with van der Waals surface area (Å²) in [6.45, 7) is 6.07. The number of halogens is 1. The maximum absolute atomic E-state index is 13.3. The van der Waals surface area contributed by atoms with Crippen molar-refractivity contribution in [3.63, 3.8) is 0 Å². The maximum atomic E-state index is 13.3. The number of nitrogens with zero attached hydrogens (tertiary/aromatic N) is 2. The van der Waals surface area contributed by atoms with Gasteiger partial charge in [0.15, 0.2) is 0 Å². The standard InChI is InChI=1S/C15H20FN3/c1-2-7-19(14-5-6-18-10-14)11-12-3-4-15(16)13(8-12)9-17/h3-4,8,14,18H,2,5-7,10-11H2,1H3/t14-/m0/s1. The van der Waals surface area contributed by atoms with E-state index in [1.807, 2.05) is 6.07 Å². The van der Waals surface area contributed by atoms with E-state index in [2.05, 4.69) is 17.1 Å². The van der Waals surface area contributed by atoms with Crippen LogP contribution in [0.2, 0.25) is 0 Å². The Morgan fingerprint density at radius 1 is 1.53 bits per heavy atom. The summed E-state index contributed by atoms with van der Waals surface area (Å²) in [4.78, 5) is 2.42. The molecule has 1 aromatic rings. The molecule has 1 aromatic carbocycles. The smallest absolute Gasteiger partial charge is 0.140 e. The third kappa shape index (κ3) is 3.52. The van der Waals surface area contributed by atoms with Crippen molar-refractivity contribution >= 4 is 0 Å². The fourth-order valence-electron chi connectivity index (χ4n) is 2.62. The summed E-state index contributed by atoms with van der Waals surface area (Å²) in [6, 6.07) is 7.30. The zero-order chi connectivity index (χ0) is 13.7. The molecule has 0 amide bonds. The summed E-state index contributed by atoms with van der Waals surface area (Å²) < 4.78 is 13.3. The fourth-order valence-corrected chi connectivity index (χ4v) is 2.62. The molecular weight excluding hydrogens is 241 g/mol. The molecule has 1 aliphatic rings. The second kappa shape index (κ2) is 6.65. The van der Waals surface area contributed by atoms with Gasteiger partial charge in [0.25, 0.3) is 0 Å². The monoisotopic (exact) mass is 261 g/mol. The molecule has 19 heavy (non-hydrogen) atoms. The SMILES string of the molecule is CCCN(Cc1ccc(F)c(C#N)c1)[C@H]1CCNC1. The van der Waals surface area contributed by atoms with Gasteiger partial charge in [-0.1, -0.05) is 13.0 Å². The van der Waals surface area contributed by atoms with Gasteiger partial charge < -0.3 is 5.32 Å². The van der Waals surface area contributed by atoms with Gasteiger partial charge >= 0.3 is 0 Å². The number of nitrogens with one attached hydrogen (secondary N) is 1. The van der Waals surface area contributed by atoms with Crippen LogP contribution in [0.3, 0.4) is 0 Å². The van der Waals surface area contributed by atoms with Crippen LogP contribution in [-0.4, -0.2) is 30.6 Å². The third-order valence-corrected chi connectivity index (χ3v) is 3.60. The molecule has 1 aliphatic heterocycles. The van der Waals surface area contributed by atoms with Crippen molar-refractivity contribution in [2.45, 2.75) is 32.4 Å². The second-order valence-corrected chi connectivity index (χ2v) is 5.04. The van der Waals surface area contributed by atoms with Gasteiger partial charge in [0, 0.05) is 19.1 Å². The van der Waals surface area contributed by atoms with E-state index in [4.69, 9.17) is 5.26 Å². The number of benzene rings is 1. The first-order valence-electron chi connectivity index (χ1n) is 6.88. The minimum Gasteiger partial charge on any atom is -0.315 e. The van der Waals surface area contributed by atoms with E-state index in [1.165, 1.54) is 6.07 Å². The molecule has 0 unspecified atom stereocenters. The zero-order valence-electron chi connectivity index (χ0n) is 11.3. The molecule has 3 nitrogen and oxygen atoms in total. The number of hydrogen-bond acceptors (Lipinski definition) is 3. The van der Waals surface area contributed by atoms with Crippen LogP contribution in [0.1, 0.15) is 30.9 Å². The fraction of sp³-hybridized carbons (Fsp3) is 0.533. The number of hydrogen-bond donors (Lipinski definition) is 1. The van der Waals surface area contributed by atoms with Crippen molar-refractivity contribution in [2.24, 2.45) is 0 Å². The second-order valence-electron chi connectivity index (χ2n) is 5.04. The van der Waals surface area contributed by atoms with Crippen LogP contribution >= 0.6 is 0 Å². The summed E-state index contributed by atoms with van der Waals surface area (Å²) >= 11 is 0. The lowest BCUT2D eigenvalue weighted by molar-refractivity contribution is 0.199. The van der Waals surface area contributed by atoms with Gasteiger partial charge in [-0.3, -0.25) is 4.90 Å². The Labute approximate surface area is 114 Å². The minimum absolute atomic E-state index is 0.137. The van der Waals surface area contributed by atoms with E-state index in [0.717, 1.165) is 44.6 Å². The number of rotatable bonds is 5. The first kappa shape index (κ1) is 14.0. The van der Waals surface area contributed by atoms with Crippen LogP contribution in [0.25, 0.3) is 0 Å². The molecule has 1 heterocycles. The van der Waals surface area contributed by atoms with Crippen molar-refractivity contribution in [1.29, 1.82) is 5.26 Å². The molecule has 0 radical (unpaired) electrons. The van der Waals surface area contributed by atoms with Crippen LogP contribution in [-0.2, 0) is 6.54 Å². The lowest BCUT2D eigenvalue weighted by Crippen LogP contribution is -2.36. The molecule has 0 bridgehead atoms. The largest absolute Gasteiger partial charge is 0.315 e. The van der Waals surface area contributed by atoms with E-state index >= 15 is 0 Å². The summed E-state index contributed by atoms with van der Waals surface area (Å²) in [5, 5.41) is 12.3. The third-order valence-electron chi connectivity index (χ3n) is 3.60. The first-order chi connectivity index (χ1) is 9.24. The van der Waals surface area contributed by atoms with Crippen LogP contribution in [0, 0.1) is 17.1 Å². The predicted molar refractivity (Wildman–Crippen MR) is 73.1 cm³/mol. The molecule has 1 fully saturated rings. The van der Waals surface area contributed by atoms with Gasteiger partial charge in [-0.25, -0.2) is 4.39 Å². The molecule has 0 aliphatic carbocycles. The molecular formula is C15H20FN3. The molecule has 1 atom stereocenters.